The summed E-state index contributed by atoms with van der Waals surface area (Å²) < 4.78 is 3.01. The number of rotatable bonds is 3. The second-order valence-corrected chi connectivity index (χ2v) is 8.09. The number of carbonyl (C=O) groups excluding carboxylic acids is 1. The molecule has 7 nitrogen and oxygen atoms in total. The van der Waals surface area contributed by atoms with Crippen molar-refractivity contribution in [3.8, 4) is 0 Å². The molecule has 28 heavy (non-hydrogen) atoms. The lowest BCUT2D eigenvalue weighted by Crippen LogP contribution is -2.24. The quantitative estimate of drug-likeness (QED) is 0.391. The Morgan fingerprint density at radius 3 is 2.68 bits per heavy atom. The number of hydrogen-bond donors (Lipinski definition) is 0. The largest absolute Gasteiger partial charge is 0.386 e. The molecule has 1 aliphatic heterocycles. The van der Waals surface area contributed by atoms with Crippen molar-refractivity contribution < 1.29 is 9.63 Å². The van der Waals surface area contributed by atoms with E-state index in [0.29, 0.717) is 21.4 Å². The van der Waals surface area contributed by atoms with E-state index in [1.165, 1.54) is 0 Å². The number of benzene rings is 2. The fourth-order valence-electron chi connectivity index (χ4n) is 3.40. The first-order valence-electron chi connectivity index (χ1n) is 8.42. The second-order valence-electron chi connectivity index (χ2n) is 6.36. The van der Waals surface area contributed by atoms with Crippen LogP contribution in [0.4, 0.5) is 0 Å². The van der Waals surface area contributed by atoms with Gasteiger partial charge in [0, 0.05) is 21.0 Å². The van der Waals surface area contributed by atoms with Crippen LogP contribution in [0.2, 0.25) is 0 Å². The van der Waals surface area contributed by atoms with E-state index in [4.69, 9.17) is 4.84 Å². The molecule has 0 spiro atoms. The van der Waals surface area contributed by atoms with Gasteiger partial charge in [-0.15, -0.1) is 5.10 Å². The van der Waals surface area contributed by atoms with Crippen LogP contribution < -0.4 is 0 Å². The number of ketones is 1. The highest BCUT2D eigenvalue weighted by atomic mass is 79.9. The van der Waals surface area contributed by atoms with Crippen LogP contribution >= 0.6 is 31.9 Å². The fraction of sp³-hybridized carbons (Fsp3) is 0.105. The molecule has 9 heteroatoms. The molecule has 0 N–H and O–H groups in total. The summed E-state index contributed by atoms with van der Waals surface area (Å²) >= 11 is 6.79. The molecule has 2 aromatic heterocycles. The molecule has 0 aliphatic carbocycles. The molecule has 0 saturated heterocycles. The van der Waals surface area contributed by atoms with Gasteiger partial charge in [0.05, 0.1) is 5.52 Å². The molecular weight excluding hydrogens is 490 g/mol. The zero-order chi connectivity index (χ0) is 19.3. The Bertz CT molecular complexity index is 1250. The summed E-state index contributed by atoms with van der Waals surface area (Å²) in [5, 5.41) is 17.0. The number of para-hydroxylation sites is 1. The first-order chi connectivity index (χ1) is 13.6. The van der Waals surface area contributed by atoms with Gasteiger partial charge in [-0.25, -0.2) is 0 Å². The highest BCUT2D eigenvalue weighted by molar-refractivity contribution is 9.18. The fourth-order valence-corrected chi connectivity index (χ4v) is 4.19. The molecule has 0 amide bonds. The van der Waals surface area contributed by atoms with Crippen LogP contribution in [0.25, 0.3) is 16.6 Å². The maximum atomic E-state index is 13.2. The van der Waals surface area contributed by atoms with Crippen LogP contribution in [0.1, 0.15) is 22.0 Å². The van der Waals surface area contributed by atoms with Crippen LogP contribution in [-0.2, 0) is 4.84 Å². The van der Waals surface area contributed by atoms with Gasteiger partial charge in [0.15, 0.2) is 17.5 Å². The minimum Gasteiger partial charge on any atom is -0.386 e. The van der Waals surface area contributed by atoms with Crippen molar-refractivity contribution in [1.82, 2.24) is 20.0 Å². The topological polar surface area (TPSA) is 81.7 Å². The number of carbonyl (C=O) groups is 1. The van der Waals surface area contributed by atoms with Crippen LogP contribution in [0.5, 0.6) is 0 Å². The maximum Gasteiger partial charge on any atom is 0.186 e. The summed E-state index contributed by atoms with van der Waals surface area (Å²) in [5.41, 5.74) is 2.69. The van der Waals surface area contributed by atoms with E-state index in [9.17, 15) is 4.79 Å². The standard InChI is InChI=1S/C19H11Br2N5O2/c20-12-7-5-10(6-8-12)16(27)15-17(28-23-18(15)21)13-9-11-3-1-2-4-14(11)26-19(13)22-24-25-26/h1-9,15,17H/t15-,17-/m1/s1. The van der Waals surface area contributed by atoms with E-state index in [1.54, 1.807) is 16.6 Å². The summed E-state index contributed by atoms with van der Waals surface area (Å²) in [5.74, 6) is -0.716. The summed E-state index contributed by atoms with van der Waals surface area (Å²) in [4.78, 5) is 18.9. The average Bonchev–Trinajstić information content (AvgIpc) is 3.34. The van der Waals surface area contributed by atoms with Gasteiger partial charge in [-0.05, 0) is 50.6 Å². The number of pyridine rings is 1. The predicted molar refractivity (Wildman–Crippen MR) is 110 cm³/mol. The minimum absolute atomic E-state index is 0.0931. The minimum atomic E-state index is -0.636. The SMILES string of the molecule is O=C(c1ccc(Br)cc1)[C@H]1C(Br)=NO[C@@H]1c1cc2ccccc2n2nnnc12. The van der Waals surface area contributed by atoms with Gasteiger partial charge in [0.2, 0.25) is 0 Å². The number of Topliss-reactive ketones (excluding diaryl/α,β-unsaturated/α-hetero) is 1. The number of fused-ring (bicyclic) bond motifs is 3. The van der Waals surface area contributed by atoms with Gasteiger partial charge in [-0.1, -0.05) is 51.4 Å². The third-order valence-corrected chi connectivity index (χ3v) is 5.90. The Kier molecular flexibility index (Phi) is 4.21. The zero-order valence-corrected chi connectivity index (χ0v) is 17.3. The summed E-state index contributed by atoms with van der Waals surface area (Å²) in [6.07, 6.45) is -0.636. The van der Waals surface area contributed by atoms with Crippen molar-refractivity contribution in [2.24, 2.45) is 11.1 Å². The number of aromatic nitrogens is 4. The van der Waals surface area contributed by atoms with Gasteiger partial charge in [0.25, 0.3) is 0 Å². The van der Waals surface area contributed by atoms with Crippen molar-refractivity contribution in [3.63, 3.8) is 0 Å². The van der Waals surface area contributed by atoms with E-state index in [2.05, 4.69) is 52.5 Å². The van der Waals surface area contributed by atoms with Gasteiger partial charge in [0.1, 0.15) is 10.5 Å². The zero-order valence-electron chi connectivity index (χ0n) is 14.2. The van der Waals surface area contributed by atoms with Crippen LogP contribution in [0, 0.1) is 5.92 Å². The molecule has 5 rings (SSSR count). The second kappa shape index (κ2) is 6.75. The smallest absolute Gasteiger partial charge is 0.186 e. The van der Waals surface area contributed by atoms with Crippen molar-refractivity contribution in [1.29, 1.82) is 0 Å². The maximum absolute atomic E-state index is 13.2. The molecule has 138 valence electrons. The molecule has 4 aromatic rings. The highest BCUT2D eigenvalue weighted by Crippen LogP contribution is 2.39. The third-order valence-electron chi connectivity index (χ3n) is 4.73. The molecule has 2 aromatic carbocycles. The van der Waals surface area contributed by atoms with Crippen molar-refractivity contribution in [3.05, 3.63) is 70.2 Å². The first kappa shape index (κ1) is 17.4. The number of hydrogen-bond acceptors (Lipinski definition) is 6. The lowest BCUT2D eigenvalue weighted by atomic mass is 9.89. The molecule has 0 saturated carbocycles. The molecule has 2 atom stereocenters. The number of oxime groups is 1. The van der Waals surface area contributed by atoms with Crippen LogP contribution in [-0.4, -0.2) is 30.4 Å². The highest BCUT2D eigenvalue weighted by Gasteiger charge is 2.41. The normalized spacial score (nSPS) is 19.0. The lowest BCUT2D eigenvalue weighted by molar-refractivity contribution is 0.0539. The molecular formula is C19H11Br2N5O2. The number of tetrazole rings is 1. The van der Waals surface area contributed by atoms with E-state index in [1.807, 2.05) is 42.5 Å². The van der Waals surface area contributed by atoms with Gasteiger partial charge in [-0.3, -0.25) is 4.79 Å². The van der Waals surface area contributed by atoms with Gasteiger partial charge in [-0.2, -0.15) is 4.52 Å². The van der Waals surface area contributed by atoms with E-state index < -0.39 is 12.0 Å². The Hall–Kier alpha value is -2.65. The Morgan fingerprint density at radius 1 is 1.07 bits per heavy atom. The summed E-state index contributed by atoms with van der Waals surface area (Å²) in [6.45, 7) is 0. The van der Waals surface area contributed by atoms with Gasteiger partial charge >= 0.3 is 0 Å². The van der Waals surface area contributed by atoms with Crippen LogP contribution in [0.3, 0.4) is 0 Å². The van der Waals surface area contributed by atoms with E-state index >= 15 is 0 Å². The molecule has 1 aliphatic rings. The lowest BCUT2D eigenvalue weighted by Gasteiger charge is -2.18. The Balaban J connectivity index is 1.64. The summed E-state index contributed by atoms with van der Waals surface area (Å²) in [7, 11) is 0. The Labute approximate surface area is 175 Å². The molecule has 0 fully saturated rings. The van der Waals surface area contributed by atoms with Gasteiger partial charge < -0.3 is 4.84 Å². The molecule has 3 heterocycles. The van der Waals surface area contributed by atoms with Crippen LogP contribution in [0.15, 0.2) is 64.2 Å². The molecule has 0 unspecified atom stereocenters. The predicted octanol–water partition coefficient (Wildman–Crippen LogP) is 4.32. The van der Waals surface area contributed by atoms with Crippen molar-refractivity contribution in [2.75, 3.05) is 0 Å². The molecule has 0 radical (unpaired) electrons. The first-order valence-corrected chi connectivity index (χ1v) is 10.0. The van der Waals surface area contributed by atoms with Crippen molar-refractivity contribution in [2.45, 2.75) is 6.10 Å². The van der Waals surface area contributed by atoms with E-state index in [-0.39, 0.29) is 5.78 Å². The van der Waals surface area contributed by atoms with E-state index in [0.717, 1.165) is 15.4 Å². The number of halogens is 2. The number of nitrogens with zero attached hydrogens (tertiary/aromatic N) is 5. The average molecular weight is 501 g/mol. The Morgan fingerprint density at radius 2 is 1.86 bits per heavy atom. The van der Waals surface area contributed by atoms with Crippen molar-refractivity contribution >= 4 is 58.8 Å². The monoisotopic (exact) mass is 499 g/mol. The summed E-state index contributed by atoms with van der Waals surface area (Å²) in [6, 6.07) is 16.9. The third kappa shape index (κ3) is 2.73. The molecule has 0 bridgehead atoms.